The number of hydrogen-bond acceptors (Lipinski definition) is 2. The molecule has 2 nitrogen and oxygen atoms in total. The summed E-state index contributed by atoms with van der Waals surface area (Å²) >= 11 is 0. The van der Waals surface area contributed by atoms with E-state index < -0.39 is 0 Å². The zero-order valence-corrected chi connectivity index (χ0v) is 5.26. The summed E-state index contributed by atoms with van der Waals surface area (Å²) in [5, 5.41) is 0. The van der Waals surface area contributed by atoms with Crippen LogP contribution in [0.5, 0.6) is 0 Å². The van der Waals surface area contributed by atoms with E-state index in [0.717, 1.165) is 13.0 Å². The van der Waals surface area contributed by atoms with Gasteiger partial charge in [0.15, 0.2) is 0 Å². The third-order valence-corrected chi connectivity index (χ3v) is 1.55. The standard InChI is InChI=1S/C6H13NO/c1-5(7)6-3-2-4-8-6/h5-6H,2-4,7H2,1H3/t5-,6-/m0/s1. The van der Waals surface area contributed by atoms with Crippen molar-refractivity contribution in [1.29, 1.82) is 0 Å². The van der Waals surface area contributed by atoms with Gasteiger partial charge in [-0.3, -0.25) is 0 Å². The molecule has 1 fully saturated rings. The first kappa shape index (κ1) is 6.05. The first-order valence-corrected chi connectivity index (χ1v) is 3.18. The Morgan fingerprint density at radius 2 is 2.50 bits per heavy atom. The van der Waals surface area contributed by atoms with Crippen molar-refractivity contribution >= 4 is 0 Å². The van der Waals surface area contributed by atoms with E-state index >= 15 is 0 Å². The van der Waals surface area contributed by atoms with Crippen LogP contribution in [-0.2, 0) is 4.74 Å². The molecule has 0 aromatic rings. The molecule has 0 radical (unpaired) electrons. The minimum absolute atomic E-state index is 0.220. The van der Waals surface area contributed by atoms with Gasteiger partial charge < -0.3 is 10.5 Å². The molecule has 0 aromatic carbocycles. The molecule has 2 N–H and O–H groups in total. The van der Waals surface area contributed by atoms with Crippen molar-refractivity contribution in [2.75, 3.05) is 6.61 Å². The molecule has 0 aliphatic carbocycles. The second-order valence-electron chi connectivity index (χ2n) is 2.41. The minimum atomic E-state index is 0.220. The average molecular weight is 115 g/mol. The summed E-state index contributed by atoms with van der Waals surface area (Å²) in [6.07, 6.45) is 2.68. The Morgan fingerprint density at radius 1 is 1.75 bits per heavy atom. The molecule has 2 atom stereocenters. The molecule has 2 heteroatoms. The van der Waals surface area contributed by atoms with E-state index in [1.54, 1.807) is 0 Å². The summed E-state index contributed by atoms with van der Waals surface area (Å²) in [6.45, 7) is 2.90. The number of ether oxygens (including phenoxy) is 1. The maximum atomic E-state index is 5.57. The van der Waals surface area contributed by atoms with E-state index in [-0.39, 0.29) is 6.04 Å². The van der Waals surface area contributed by atoms with Crippen molar-refractivity contribution in [2.45, 2.75) is 31.9 Å². The van der Waals surface area contributed by atoms with Gasteiger partial charge >= 0.3 is 0 Å². The molecule has 48 valence electrons. The molecule has 0 aromatic heterocycles. The van der Waals surface area contributed by atoms with Crippen molar-refractivity contribution in [3.63, 3.8) is 0 Å². The molecule has 1 saturated heterocycles. The van der Waals surface area contributed by atoms with Gasteiger partial charge in [-0.15, -0.1) is 0 Å². The molecule has 1 aliphatic heterocycles. The minimum Gasteiger partial charge on any atom is -0.377 e. The lowest BCUT2D eigenvalue weighted by molar-refractivity contribution is 0.0947. The Labute approximate surface area is 50.0 Å². The largest absolute Gasteiger partial charge is 0.377 e. The van der Waals surface area contributed by atoms with Gasteiger partial charge in [-0.05, 0) is 19.8 Å². The molecule has 0 spiro atoms. The fraction of sp³-hybridized carbons (Fsp3) is 1.00. The smallest absolute Gasteiger partial charge is 0.0724 e. The van der Waals surface area contributed by atoms with Crippen LogP contribution in [0.4, 0.5) is 0 Å². The first-order chi connectivity index (χ1) is 3.80. The van der Waals surface area contributed by atoms with Gasteiger partial charge in [-0.1, -0.05) is 0 Å². The van der Waals surface area contributed by atoms with Gasteiger partial charge in [0.1, 0.15) is 0 Å². The molecule has 1 heterocycles. The average Bonchev–Trinajstić information content (AvgIpc) is 2.12. The van der Waals surface area contributed by atoms with Gasteiger partial charge in [0.25, 0.3) is 0 Å². The van der Waals surface area contributed by atoms with Crippen molar-refractivity contribution in [1.82, 2.24) is 0 Å². The van der Waals surface area contributed by atoms with Crippen LogP contribution in [0.25, 0.3) is 0 Å². The highest BCUT2D eigenvalue weighted by atomic mass is 16.5. The lowest BCUT2D eigenvalue weighted by atomic mass is 10.1. The van der Waals surface area contributed by atoms with Gasteiger partial charge in [-0.25, -0.2) is 0 Å². The van der Waals surface area contributed by atoms with Crippen molar-refractivity contribution < 1.29 is 4.74 Å². The number of nitrogens with two attached hydrogens (primary N) is 1. The van der Waals surface area contributed by atoms with E-state index in [9.17, 15) is 0 Å². The summed E-state index contributed by atoms with van der Waals surface area (Å²) in [4.78, 5) is 0. The Morgan fingerprint density at radius 3 is 2.75 bits per heavy atom. The number of rotatable bonds is 1. The van der Waals surface area contributed by atoms with E-state index in [1.807, 2.05) is 6.92 Å². The Balaban J connectivity index is 2.24. The topological polar surface area (TPSA) is 35.2 Å². The fourth-order valence-corrected chi connectivity index (χ4v) is 1.02. The molecule has 8 heavy (non-hydrogen) atoms. The Kier molecular flexibility index (Phi) is 1.86. The lowest BCUT2D eigenvalue weighted by Crippen LogP contribution is -2.30. The van der Waals surface area contributed by atoms with Crippen molar-refractivity contribution in [3.8, 4) is 0 Å². The van der Waals surface area contributed by atoms with Crippen LogP contribution < -0.4 is 5.73 Å². The van der Waals surface area contributed by atoms with Crippen LogP contribution >= 0.6 is 0 Å². The predicted octanol–water partition coefficient (Wildman–Crippen LogP) is 0.513. The SMILES string of the molecule is C[C@H](N)[C@@H]1CCCO1. The predicted molar refractivity (Wildman–Crippen MR) is 32.6 cm³/mol. The maximum absolute atomic E-state index is 5.57. The molecule has 1 aliphatic rings. The summed E-state index contributed by atoms with van der Waals surface area (Å²) in [7, 11) is 0. The zero-order valence-electron chi connectivity index (χ0n) is 5.26. The summed E-state index contributed by atoms with van der Waals surface area (Å²) in [5.41, 5.74) is 5.57. The van der Waals surface area contributed by atoms with E-state index in [0.29, 0.717) is 6.10 Å². The molecule has 1 rings (SSSR count). The van der Waals surface area contributed by atoms with Gasteiger partial charge in [0.05, 0.1) is 6.10 Å². The Hall–Kier alpha value is -0.0800. The van der Waals surface area contributed by atoms with Gasteiger partial charge in [-0.2, -0.15) is 0 Å². The molecular formula is C6H13NO. The highest BCUT2D eigenvalue weighted by Gasteiger charge is 2.18. The van der Waals surface area contributed by atoms with E-state index in [2.05, 4.69) is 0 Å². The van der Waals surface area contributed by atoms with Crippen LogP contribution in [0.3, 0.4) is 0 Å². The quantitative estimate of drug-likeness (QED) is 0.540. The van der Waals surface area contributed by atoms with Gasteiger partial charge in [0.2, 0.25) is 0 Å². The van der Waals surface area contributed by atoms with Gasteiger partial charge in [0, 0.05) is 12.6 Å². The molecule has 0 saturated carbocycles. The van der Waals surface area contributed by atoms with Crippen LogP contribution in [0.15, 0.2) is 0 Å². The zero-order chi connectivity index (χ0) is 5.98. The van der Waals surface area contributed by atoms with Crippen LogP contribution in [0, 0.1) is 0 Å². The van der Waals surface area contributed by atoms with Crippen LogP contribution in [-0.4, -0.2) is 18.8 Å². The van der Waals surface area contributed by atoms with E-state index in [1.165, 1.54) is 6.42 Å². The highest BCUT2D eigenvalue weighted by molar-refractivity contribution is 4.72. The lowest BCUT2D eigenvalue weighted by Gasteiger charge is -2.11. The van der Waals surface area contributed by atoms with Crippen molar-refractivity contribution in [3.05, 3.63) is 0 Å². The molecule has 0 amide bonds. The molecule has 0 bridgehead atoms. The second-order valence-corrected chi connectivity index (χ2v) is 2.41. The monoisotopic (exact) mass is 115 g/mol. The summed E-state index contributed by atoms with van der Waals surface area (Å²) < 4.78 is 5.29. The van der Waals surface area contributed by atoms with E-state index in [4.69, 9.17) is 10.5 Å². The number of hydrogen-bond donors (Lipinski definition) is 1. The second kappa shape index (κ2) is 2.46. The summed E-state index contributed by atoms with van der Waals surface area (Å²) in [6, 6.07) is 0.220. The Bertz CT molecular complexity index is 66.9. The molecular weight excluding hydrogens is 102 g/mol. The third-order valence-electron chi connectivity index (χ3n) is 1.55. The highest BCUT2D eigenvalue weighted by Crippen LogP contribution is 2.13. The van der Waals surface area contributed by atoms with Crippen LogP contribution in [0.1, 0.15) is 19.8 Å². The van der Waals surface area contributed by atoms with Crippen LogP contribution in [0.2, 0.25) is 0 Å². The first-order valence-electron chi connectivity index (χ1n) is 3.18. The molecule has 0 unspecified atom stereocenters. The third kappa shape index (κ3) is 1.20. The summed E-state index contributed by atoms with van der Waals surface area (Å²) in [5.74, 6) is 0. The maximum Gasteiger partial charge on any atom is 0.0724 e. The normalized spacial score (nSPS) is 33.0. The van der Waals surface area contributed by atoms with Crippen molar-refractivity contribution in [2.24, 2.45) is 5.73 Å². The fourth-order valence-electron chi connectivity index (χ4n) is 1.02.